The average Bonchev–Trinajstić information content (AvgIpc) is 3.25. The van der Waals surface area contributed by atoms with E-state index in [1.807, 2.05) is 0 Å². The molecular weight excluding hydrogens is 408 g/mol. The van der Waals surface area contributed by atoms with Gasteiger partial charge in [-0.1, -0.05) is 18.2 Å². The number of hydrogen-bond donors (Lipinski definition) is 1. The largest absolute Gasteiger partial charge is 0.335 e. The SMILES string of the molecule is C[C@@H]1CC(=O)Nc2ccccc2N1C(=O)CN1C(=O)C(=O)N(Cc2cccs2)C1=O. The van der Waals surface area contributed by atoms with Gasteiger partial charge in [0.25, 0.3) is 0 Å². The van der Waals surface area contributed by atoms with E-state index >= 15 is 0 Å². The number of urea groups is 1. The van der Waals surface area contributed by atoms with E-state index in [0.717, 1.165) is 9.78 Å². The Labute approximate surface area is 175 Å². The number of benzene rings is 1. The molecule has 1 fully saturated rings. The van der Waals surface area contributed by atoms with Gasteiger partial charge in [0, 0.05) is 17.3 Å². The molecule has 1 N–H and O–H groups in total. The van der Waals surface area contributed by atoms with Gasteiger partial charge in [-0.05, 0) is 30.5 Å². The average molecular weight is 426 g/mol. The second-order valence-electron chi connectivity index (χ2n) is 7.03. The standard InChI is InChI=1S/C20H18N4O5S/c1-12-9-16(25)21-14-6-2-3-7-15(14)24(12)17(26)11-23-19(28)18(27)22(20(23)29)10-13-5-4-8-30-13/h2-8,12H,9-11H2,1H3,(H,21,25)/t12-/m1/s1. The van der Waals surface area contributed by atoms with Crippen molar-refractivity contribution in [3.8, 4) is 0 Å². The van der Waals surface area contributed by atoms with Crippen LogP contribution in [-0.2, 0) is 25.7 Å². The predicted molar refractivity (Wildman–Crippen MR) is 109 cm³/mol. The van der Waals surface area contributed by atoms with Crippen LogP contribution in [0.5, 0.6) is 0 Å². The number of imide groups is 2. The maximum Gasteiger partial charge on any atom is 0.335 e. The second kappa shape index (κ2) is 7.71. The van der Waals surface area contributed by atoms with Crippen LogP contribution in [0.25, 0.3) is 0 Å². The van der Waals surface area contributed by atoms with Crippen molar-refractivity contribution in [2.75, 3.05) is 16.8 Å². The molecule has 0 spiro atoms. The highest BCUT2D eigenvalue weighted by Gasteiger charge is 2.46. The zero-order valence-corrected chi connectivity index (χ0v) is 16.8. The molecule has 3 heterocycles. The smallest absolute Gasteiger partial charge is 0.324 e. The highest BCUT2D eigenvalue weighted by Crippen LogP contribution is 2.31. The van der Waals surface area contributed by atoms with Gasteiger partial charge in [0.05, 0.1) is 17.9 Å². The Morgan fingerprint density at radius 1 is 1.07 bits per heavy atom. The van der Waals surface area contributed by atoms with E-state index in [2.05, 4.69) is 5.32 Å². The van der Waals surface area contributed by atoms with Gasteiger partial charge in [-0.15, -0.1) is 11.3 Å². The highest BCUT2D eigenvalue weighted by molar-refractivity contribution is 7.09. The van der Waals surface area contributed by atoms with Crippen molar-refractivity contribution < 1.29 is 24.0 Å². The molecule has 1 atom stereocenters. The molecule has 9 nitrogen and oxygen atoms in total. The van der Waals surface area contributed by atoms with Gasteiger partial charge in [-0.2, -0.15) is 0 Å². The minimum Gasteiger partial charge on any atom is -0.324 e. The Kier molecular flexibility index (Phi) is 5.08. The van der Waals surface area contributed by atoms with Crippen LogP contribution in [0.15, 0.2) is 41.8 Å². The van der Waals surface area contributed by atoms with Crippen molar-refractivity contribution in [3.63, 3.8) is 0 Å². The van der Waals surface area contributed by atoms with Crippen molar-refractivity contribution in [1.82, 2.24) is 9.80 Å². The van der Waals surface area contributed by atoms with Gasteiger partial charge in [0.15, 0.2) is 0 Å². The van der Waals surface area contributed by atoms with Crippen molar-refractivity contribution >= 4 is 52.4 Å². The molecule has 10 heteroatoms. The fourth-order valence-corrected chi connectivity index (χ4v) is 4.26. The summed E-state index contributed by atoms with van der Waals surface area (Å²) in [5, 5.41) is 4.55. The summed E-state index contributed by atoms with van der Waals surface area (Å²) in [5.74, 6) is -2.79. The molecule has 0 unspecified atom stereocenters. The monoisotopic (exact) mass is 426 g/mol. The summed E-state index contributed by atoms with van der Waals surface area (Å²) in [6, 6.07) is 9.02. The van der Waals surface area contributed by atoms with Crippen LogP contribution in [0.4, 0.5) is 16.2 Å². The number of nitrogens with one attached hydrogen (secondary N) is 1. The first-order chi connectivity index (χ1) is 14.4. The van der Waals surface area contributed by atoms with E-state index in [0.29, 0.717) is 16.3 Å². The first-order valence-electron chi connectivity index (χ1n) is 9.27. The predicted octanol–water partition coefficient (Wildman–Crippen LogP) is 1.80. The van der Waals surface area contributed by atoms with Crippen LogP contribution in [-0.4, -0.2) is 52.0 Å². The maximum absolute atomic E-state index is 13.1. The van der Waals surface area contributed by atoms with E-state index in [9.17, 15) is 24.0 Å². The van der Waals surface area contributed by atoms with Crippen molar-refractivity contribution in [2.24, 2.45) is 0 Å². The zero-order valence-electron chi connectivity index (χ0n) is 16.0. The number of hydrogen-bond acceptors (Lipinski definition) is 6. The molecule has 6 amide bonds. The summed E-state index contributed by atoms with van der Waals surface area (Å²) >= 11 is 1.36. The fraction of sp³-hybridized carbons (Fsp3) is 0.250. The molecule has 154 valence electrons. The van der Waals surface area contributed by atoms with E-state index < -0.39 is 36.3 Å². The normalized spacial score (nSPS) is 19.1. The molecule has 0 radical (unpaired) electrons. The quantitative estimate of drug-likeness (QED) is 0.593. The third kappa shape index (κ3) is 3.45. The Bertz CT molecular complexity index is 1050. The van der Waals surface area contributed by atoms with E-state index in [1.54, 1.807) is 48.7 Å². The number of carbonyl (C=O) groups is 5. The lowest BCUT2D eigenvalue weighted by Gasteiger charge is -2.29. The third-order valence-corrected chi connectivity index (χ3v) is 5.81. The lowest BCUT2D eigenvalue weighted by molar-refractivity contribution is -0.144. The van der Waals surface area contributed by atoms with Gasteiger partial charge in [0.2, 0.25) is 11.8 Å². The third-order valence-electron chi connectivity index (χ3n) is 4.95. The number of amides is 6. The van der Waals surface area contributed by atoms with Gasteiger partial charge < -0.3 is 10.2 Å². The van der Waals surface area contributed by atoms with Crippen LogP contribution in [0.3, 0.4) is 0 Å². The molecule has 0 aliphatic carbocycles. The molecule has 30 heavy (non-hydrogen) atoms. The van der Waals surface area contributed by atoms with Crippen LogP contribution in [0.2, 0.25) is 0 Å². The topological polar surface area (TPSA) is 107 Å². The molecule has 2 aliphatic heterocycles. The first kappa shape index (κ1) is 19.8. The number of carbonyl (C=O) groups excluding carboxylic acids is 5. The van der Waals surface area contributed by atoms with Crippen molar-refractivity contribution in [1.29, 1.82) is 0 Å². The molecule has 2 aliphatic rings. The lowest BCUT2D eigenvalue weighted by Crippen LogP contribution is -2.47. The summed E-state index contributed by atoms with van der Waals surface area (Å²) in [6.45, 7) is 1.10. The highest BCUT2D eigenvalue weighted by atomic mass is 32.1. The van der Waals surface area contributed by atoms with Gasteiger partial charge in [-0.3, -0.25) is 24.1 Å². The summed E-state index contributed by atoms with van der Waals surface area (Å²) < 4.78 is 0. The number of fused-ring (bicyclic) bond motifs is 1. The summed E-state index contributed by atoms with van der Waals surface area (Å²) in [6.07, 6.45) is 0.0613. The number of thiophene rings is 1. The van der Waals surface area contributed by atoms with Crippen molar-refractivity contribution in [3.05, 3.63) is 46.7 Å². The molecule has 1 aromatic carbocycles. The fourth-order valence-electron chi connectivity index (χ4n) is 3.57. The number of anilines is 2. The van der Waals surface area contributed by atoms with Gasteiger partial charge in [-0.25, -0.2) is 9.69 Å². The molecule has 2 aromatic rings. The number of para-hydroxylation sites is 2. The van der Waals surface area contributed by atoms with Crippen LogP contribution >= 0.6 is 11.3 Å². The van der Waals surface area contributed by atoms with Crippen LogP contribution in [0.1, 0.15) is 18.2 Å². The Balaban J connectivity index is 1.57. The molecule has 1 aromatic heterocycles. The molecule has 0 saturated carbocycles. The molecule has 4 rings (SSSR count). The van der Waals surface area contributed by atoms with Gasteiger partial charge in [0.1, 0.15) is 6.54 Å². The number of rotatable bonds is 4. The Morgan fingerprint density at radius 2 is 1.80 bits per heavy atom. The minimum atomic E-state index is -1.03. The van der Waals surface area contributed by atoms with Gasteiger partial charge >= 0.3 is 17.8 Å². The van der Waals surface area contributed by atoms with E-state index in [4.69, 9.17) is 0 Å². The lowest BCUT2D eigenvalue weighted by atomic mass is 10.1. The van der Waals surface area contributed by atoms with E-state index in [1.165, 1.54) is 16.2 Å². The summed E-state index contributed by atoms with van der Waals surface area (Å²) in [5.41, 5.74) is 0.941. The Hall–Kier alpha value is -3.53. The van der Waals surface area contributed by atoms with Crippen LogP contribution in [0, 0.1) is 0 Å². The summed E-state index contributed by atoms with van der Waals surface area (Å²) in [4.78, 5) is 66.3. The zero-order chi connectivity index (χ0) is 21.4. The number of nitrogens with zero attached hydrogens (tertiary/aromatic N) is 3. The molecule has 0 bridgehead atoms. The van der Waals surface area contributed by atoms with Crippen LogP contribution < -0.4 is 10.2 Å². The molecular formula is C20H18N4O5S. The second-order valence-corrected chi connectivity index (χ2v) is 8.06. The maximum atomic E-state index is 13.1. The minimum absolute atomic E-state index is 0.0207. The molecule has 1 saturated heterocycles. The first-order valence-corrected chi connectivity index (χ1v) is 10.2. The van der Waals surface area contributed by atoms with Crippen molar-refractivity contribution in [2.45, 2.75) is 25.9 Å². The Morgan fingerprint density at radius 3 is 2.53 bits per heavy atom. The van der Waals surface area contributed by atoms with E-state index in [-0.39, 0.29) is 18.9 Å². The summed E-state index contributed by atoms with van der Waals surface area (Å²) in [7, 11) is 0.